The first kappa shape index (κ1) is 27.2. The van der Waals surface area contributed by atoms with Crippen LogP contribution in [0.4, 0.5) is 0 Å². The summed E-state index contributed by atoms with van der Waals surface area (Å²) in [5.74, 6) is 1.75. The van der Waals surface area contributed by atoms with Crippen molar-refractivity contribution in [2.75, 3.05) is 0 Å². The molecular weight excluding hydrogens is 554 g/mol. The summed E-state index contributed by atoms with van der Waals surface area (Å²) in [6.07, 6.45) is 0. The molecule has 0 aliphatic carbocycles. The molecule has 7 aromatic rings. The van der Waals surface area contributed by atoms with Gasteiger partial charge >= 0.3 is 0 Å². The lowest BCUT2D eigenvalue weighted by molar-refractivity contribution is 0.926. The molecule has 0 radical (unpaired) electrons. The third-order valence-corrected chi connectivity index (χ3v) is 7.93. The second-order valence-corrected chi connectivity index (χ2v) is 10.8. The molecule has 0 saturated carbocycles. The highest BCUT2D eigenvalue weighted by Gasteiger charge is 2.20. The monoisotopic (exact) mass is 577 g/mol. The number of aromatic nitrogens is 4. The fraction of sp³-hybridized carbons (Fsp3) is 0.0526. The van der Waals surface area contributed by atoms with Crippen LogP contribution in [0, 0.1) is 47.8 Å². The number of rotatable bonds is 4. The van der Waals surface area contributed by atoms with Gasteiger partial charge in [-0.15, -0.1) is 0 Å². The average Bonchev–Trinajstić information content (AvgIpc) is 3.40. The van der Waals surface area contributed by atoms with Crippen LogP contribution in [0.1, 0.15) is 28.3 Å². The number of fused-ring (bicyclic) bond motifs is 3. The van der Waals surface area contributed by atoms with Gasteiger partial charge in [-0.3, -0.25) is 0 Å². The number of nitriles is 3. The standard InChI is InChI=1S/C38H23N7/c1-23-42-24(2)44-38(43-23)34-14-7-27(22-41)17-35(34)45-36-18-30(28-8-3-25(20-39)4-9-28)12-15-32(36)33-16-13-31(19-37(33)45)29-10-5-26(21-40)6-11-29/h3-19H,1-2H3. The van der Waals surface area contributed by atoms with Gasteiger partial charge in [0.2, 0.25) is 0 Å². The Labute approximate surface area is 259 Å². The number of hydrogen-bond donors (Lipinski definition) is 0. The van der Waals surface area contributed by atoms with Crippen LogP contribution in [0.25, 0.3) is 61.1 Å². The Balaban J connectivity index is 1.56. The molecule has 210 valence electrons. The third kappa shape index (κ3) is 4.83. The van der Waals surface area contributed by atoms with Crippen molar-refractivity contribution in [1.82, 2.24) is 19.5 Å². The van der Waals surface area contributed by atoms with Gasteiger partial charge in [0.05, 0.1) is 51.6 Å². The number of aryl methyl sites for hydroxylation is 2. The van der Waals surface area contributed by atoms with Crippen LogP contribution in [0.5, 0.6) is 0 Å². The van der Waals surface area contributed by atoms with Crippen LogP contribution in [0.2, 0.25) is 0 Å². The Hall–Kier alpha value is -6.62. The summed E-state index contributed by atoms with van der Waals surface area (Å²) in [6, 6.07) is 40.0. The van der Waals surface area contributed by atoms with Gasteiger partial charge in [0.15, 0.2) is 5.82 Å². The second kappa shape index (κ2) is 10.9. The van der Waals surface area contributed by atoms with E-state index in [4.69, 9.17) is 0 Å². The van der Waals surface area contributed by atoms with E-state index in [1.807, 2.05) is 74.5 Å². The SMILES string of the molecule is Cc1nc(C)nc(-c2ccc(C#N)cc2-n2c3cc(-c4ccc(C#N)cc4)ccc3c3ccc(-c4ccc(C#N)cc4)cc32)n1. The maximum Gasteiger partial charge on any atom is 0.165 e. The Bertz CT molecular complexity index is 2280. The molecule has 5 aromatic carbocycles. The average molecular weight is 578 g/mol. The lowest BCUT2D eigenvalue weighted by atomic mass is 10.0. The van der Waals surface area contributed by atoms with Gasteiger partial charge in [-0.1, -0.05) is 48.5 Å². The maximum absolute atomic E-state index is 9.96. The molecule has 2 heterocycles. The minimum Gasteiger partial charge on any atom is -0.308 e. The summed E-state index contributed by atoms with van der Waals surface area (Å²) in [6.45, 7) is 3.69. The van der Waals surface area contributed by atoms with Crippen LogP contribution < -0.4 is 0 Å². The largest absolute Gasteiger partial charge is 0.308 e. The molecule has 0 aliphatic heterocycles. The van der Waals surface area contributed by atoms with E-state index >= 15 is 0 Å². The fourth-order valence-corrected chi connectivity index (χ4v) is 5.82. The predicted octanol–water partition coefficient (Wildman–Crippen LogP) is 8.20. The summed E-state index contributed by atoms with van der Waals surface area (Å²) in [5.41, 5.74) is 9.11. The molecule has 0 saturated heterocycles. The summed E-state index contributed by atoms with van der Waals surface area (Å²) in [7, 11) is 0. The van der Waals surface area contributed by atoms with Gasteiger partial charge in [0, 0.05) is 16.3 Å². The fourth-order valence-electron chi connectivity index (χ4n) is 5.82. The molecule has 45 heavy (non-hydrogen) atoms. The Morgan fingerprint density at radius 3 is 1.40 bits per heavy atom. The van der Waals surface area contributed by atoms with Crippen LogP contribution in [-0.2, 0) is 0 Å². The molecule has 0 amide bonds. The van der Waals surface area contributed by atoms with Gasteiger partial charge in [0.25, 0.3) is 0 Å². The number of nitrogens with zero attached hydrogens (tertiary/aromatic N) is 7. The van der Waals surface area contributed by atoms with E-state index in [1.54, 1.807) is 6.07 Å². The predicted molar refractivity (Wildman–Crippen MR) is 174 cm³/mol. The molecule has 0 fully saturated rings. The Morgan fingerprint density at radius 2 is 0.933 bits per heavy atom. The van der Waals surface area contributed by atoms with Crippen molar-refractivity contribution < 1.29 is 0 Å². The van der Waals surface area contributed by atoms with E-state index in [-0.39, 0.29) is 0 Å². The molecule has 0 aliphatic rings. The molecule has 7 rings (SSSR count). The second-order valence-electron chi connectivity index (χ2n) is 10.8. The minimum absolute atomic E-state index is 0.512. The smallest absolute Gasteiger partial charge is 0.165 e. The van der Waals surface area contributed by atoms with Gasteiger partial charge in [-0.2, -0.15) is 15.8 Å². The van der Waals surface area contributed by atoms with Crippen molar-refractivity contribution in [3.63, 3.8) is 0 Å². The van der Waals surface area contributed by atoms with Crippen LogP contribution >= 0.6 is 0 Å². The summed E-state index contributed by atoms with van der Waals surface area (Å²) in [4.78, 5) is 13.7. The van der Waals surface area contributed by atoms with E-state index in [9.17, 15) is 15.8 Å². The highest BCUT2D eigenvalue weighted by molar-refractivity contribution is 6.11. The molecule has 0 bridgehead atoms. The van der Waals surface area contributed by atoms with Crippen LogP contribution in [-0.4, -0.2) is 19.5 Å². The zero-order valence-corrected chi connectivity index (χ0v) is 24.4. The summed E-state index contributed by atoms with van der Waals surface area (Å²) >= 11 is 0. The van der Waals surface area contributed by atoms with Gasteiger partial charge < -0.3 is 4.57 Å². The minimum atomic E-state index is 0.512. The highest BCUT2D eigenvalue weighted by atomic mass is 15.0. The Kier molecular flexibility index (Phi) is 6.59. The molecule has 7 heteroatoms. The van der Waals surface area contributed by atoms with Gasteiger partial charge in [-0.25, -0.2) is 15.0 Å². The Morgan fingerprint density at radius 1 is 0.489 bits per heavy atom. The van der Waals surface area contributed by atoms with Crippen molar-refractivity contribution in [1.29, 1.82) is 15.8 Å². The summed E-state index contributed by atoms with van der Waals surface area (Å²) < 4.78 is 2.18. The topological polar surface area (TPSA) is 115 Å². The van der Waals surface area contributed by atoms with E-state index in [0.29, 0.717) is 34.2 Å². The van der Waals surface area contributed by atoms with Crippen molar-refractivity contribution in [3.8, 4) is 57.5 Å². The molecule has 7 nitrogen and oxygen atoms in total. The van der Waals surface area contributed by atoms with E-state index in [0.717, 1.165) is 55.3 Å². The van der Waals surface area contributed by atoms with Crippen molar-refractivity contribution in [2.45, 2.75) is 13.8 Å². The van der Waals surface area contributed by atoms with Crippen molar-refractivity contribution in [3.05, 3.63) is 131 Å². The van der Waals surface area contributed by atoms with Crippen molar-refractivity contribution >= 4 is 21.8 Å². The zero-order chi connectivity index (χ0) is 31.1. The first-order chi connectivity index (χ1) is 21.9. The number of benzene rings is 5. The van der Waals surface area contributed by atoms with Crippen LogP contribution in [0.15, 0.2) is 103 Å². The van der Waals surface area contributed by atoms with Gasteiger partial charge in [0.1, 0.15) is 11.6 Å². The maximum atomic E-state index is 9.96. The molecule has 0 unspecified atom stereocenters. The lowest BCUT2D eigenvalue weighted by Gasteiger charge is -2.15. The normalized spacial score (nSPS) is 10.8. The highest BCUT2D eigenvalue weighted by Crippen LogP contribution is 2.39. The molecule has 0 N–H and O–H groups in total. The number of hydrogen-bond acceptors (Lipinski definition) is 6. The van der Waals surface area contributed by atoms with Crippen molar-refractivity contribution in [2.24, 2.45) is 0 Å². The third-order valence-electron chi connectivity index (χ3n) is 7.93. The van der Waals surface area contributed by atoms with Crippen LogP contribution in [0.3, 0.4) is 0 Å². The van der Waals surface area contributed by atoms with Gasteiger partial charge in [-0.05, 0) is 90.7 Å². The summed E-state index contributed by atoms with van der Waals surface area (Å²) in [5, 5.41) is 30.7. The molecular formula is C38H23N7. The first-order valence-electron chi connectivity index (χ1n) is 14.3. The van der Waals surface area contributed by atoms with E-state index in [2.05, 4.69) is 74.1 Å². The zero-order valence-electron chi connectivity index (χ0n) is 24.4. The quantitative estimate of drug-likeness (QED) is 0.208. The van der Waals surface area contributed by atoms with E-state index < -0.39 is 0 Å². The van der Waals surface area contributed by atoms with E-state index in [1.165, 1.54) is 0 Å². The molecule has 2 aromatic heterocycles. The lowest BCUT2D eigenvalue weighted by Crippen LogP contribution is -2.04. The first-order valence-corrected chi connectivity index (χ1v) is 14.3. The molecule has 0 atom stereocenters. The molecule has 0 spiro atoms.